The molecule has 21 heavy (non-hydrogen) atoms. The van der Waals surface area contributed by atoms with Crippen LogP contribution >= 0.6 is 0 Å². The molecule has 2 aromatic carbocycles. The largest absolute Gasteiger partial charge is 0.326 e. The van der Waals surface area contributed by atoms with Crippen LogP contribution in [0.4, 0.5) is 0 Å². The summed E-state index contributed by atoms with van der Waals surface area (Å²) < 4.78 is 25.4. The van der Waals surface area contributed by atoms with Gasteiger partial charge in [-0.25, -0.2) is 8.42 Å². The van der Waals surface area contributed by atoms with Crippen molar-refractivity contribution < 1.29 is 8.42 Å². The Morgan fingerprint density at radius 2 is 1.33 bits per heavy atom. The predicted octanol–water partition coefficient (Wildman–Crippen LogP) is 2.57. The van der Waals surface area contributed by atoms with Gasteiger partial charge in [-0.15, -0.1) is 0 Å². The minimum absolute atomic E-state index is 0.100. The van der Waals surface area contributed by atoms with Crippen LogP contribution in [0.1, 0.15) is 22.6 Å². The van der Waals surface area contributed by atoms with E-state index >= 15 is 0 Å². The Kier molecular flexibility index (Phi) is 3.38. The maximum atomic E-state index is 12.7. The van der Waals surface area contributed by atoms with E-state index in [4.69, 9.17) is 5.73 Å². The summed E-state index contributed by atoms with van der Waals surface area (Å²) in [7, 11) is -3.36. The molecule has 2 aromatic rings. The molecule has 0 spiro atoms. The third-order valence-corrected chi connectivity index (χ3v) is 6.43. The van der Waals surface area contributed by atoms with Crippen molar-refractivity contribution in [1.29, 1.82) is 0 Å². The van der Waals surface area contributed by atoms with Gasteiger partial charge in [-0.05, 0) is 31.5 Å². The van der Waals surface area contributed by atoms with E-state index in [1.54, 1.807) is 12.1 Å². The van der Waals surface area contributed by atoms with Crippen molar-refractivity contribution in [3.63, 3.8) is 0 Å². The summed E-state index contributed by atoms with van der Waals surface area (Å²) in [5.41, 5.74) is 9.27. The molecule has 1 saturated carbocycles. The summed E-state index contributed by atoms with van der Waals surface area (Å²) in [6.45, 7) is 3.95. The molecule has 1 fully saturated rings. The van der Waals surface area contributed by atoms with E-state index in [0.717, 1.165) is 16.7 Å². The number of sulfone groups is 1. The molecule has 1 aliphatic carbocycles. The molecule has 0 aliphatic heterocycles. The van der Waals surface area contributed by atoms with E-state index in [-0.39, 0.29) is 12.0 Å². The zero-order valence-electron chi connectivity index (χ0n) is 12.2. The predicted molar refractivity (Wildman–Crippen MR) is 84.0 cm³/mol. The van der Waals surface area contributed by atoms with Gasteiger partial charge in [0, 0.05) is 12.0 Å². The molecule has 0 amide bonds. The Labute approximate surface area is 125 Å². The second-order valence-corrected chi connectivity index (χ2v) is 7.94. The van der Waals surface area contributed by atoms with Crippen molar-refractivity contribution >= 4 is 9.84 Å². The van der Waals surface area contributed by atoms with Gasteiger partial charge in [-0.3, -0.25) is 0 Å². The van der Waals surface area contributed by atoms with Gasteiger partial charge < -0.3 is 5.73 Å². The van der Waals surface area contributed by atoms with Crippen LogP contribution in [0.3, 0.4) is 0 Å². The standard InChI is InChI=1S/C17H19NO2S/c1-11-3-7-13(8-4-11)15-16(18)17(15)21(19,20)14-9-5-12(2)6-10-14/h3-10,15-17H,18H2,1-2H3/t15-,16-,17-/m1/s1. The minimum atomic E-state index is -3.36. The molecule has 0 heterocycles. The molecule has 0 aromatic heterocycles. The molecule has 110 valence electrons. The van der Waals surface area contributed by atoms with Crippen LogP contribution in [-0.4, -0.2) is 19.7 Å². The lowest BCUT2D eigenvalue weighted by Crippen LogP contribution is -2.15. The number of nitrogens with two attached hydrogens (primary N) is 1. The number of hydrogen-bond acceptors (Lipinski definition) is 3. The fraction of sp³-hybridized carbons (Fsp3) is 0.294. The van der Waals surface area contributed by atoms with E-state index in [1.807, 2.05) is 50.2 Å². The van der Waals surface area contributed by atoms with Gasteiger partial charge in [0.25, 0.3) is 0 Å². The van der Waals surface area contributed by atoms with Crippen molar-refractivity contribution in [2.24, 2.45) is 5.73 Å². The van der Waals surface area contributed by atoms with Crippen LogP contribution in [0, 0.1) is 13.8 Å². The molecular formula is C17H19NO2S. The maximum Gasteiger partial charge on any atom is 0.183 e. The van der Waals surface area contributed by atoms with Gasteiger partial charge in [0.15, 0.2) is 9.84 Å². The molecular weight excluding hydrogens is 282 g/mol. The first-order valence-electron chi connectivity index (χ1n) is 7.04. The minimum Gasteiger partial charge on any atom is -0.326 e. The van der Waals surface area contributed by atoms with Crippen molar-refractivity contribution in [2.75, 3.05) is 0 Å². The highest BCUT2D eigenvalue weighted by molar-refractivity contribution is 7.92. The lowest BCUT2D eigenvalue weighted by Gasteiger charge is -2.05. The molecule has 0 radical (unpaired) electrons. The molecule has 0 unspecified atom stereocenters. The summed E-state index contributed by atoms with van der Waals surface area (Å²) in [5, 5.41) is -0.511. The van der Waals surface area contributed by atoms with Crippen LogP contribution in [0.5, 0.6) is 0 Å². The molecule has 1 aliphatic rings. The monoisotopic (exact) mass is 301 g/mol. The Hall–Kier alpha value is -1.65. The first kappa shape index (κ1) is 14.3. The molecule has 2 N–H and O–H groups in total. The van der Waals surface area contributed by atoms with Crippen LogP contribution in [0.15, 0.2) is 53.4 Å². The summed E-state index contributed by atoms with van der Waals surface area (Å²) in [6, 6.07) is 14.6. The van der Waals surface area contributed by atoms with Gasteiger partial charge in [0.1, 0.15) is 0 Å². The van der Waals surface area contributed by atoms with Crippen molar-refractivity contribution in [2.45, 2.75) is 36.0 Å². The highest BCUT2D eigenvalue weighted by atomic mass is 32.2. The Morgan fingerprint density at radius 1 is 0.857 bits per heavy atom. The number of benzene rings is 2. The summed E-state index contributed by atoms with van der Waals surface area (Å²) >= 11 is 0. The van der Waals surface area contributed by atoms with Gasteiger partial charge in [0.2, 0.25) is 0 Å². The first-order valence-corrected chi connectivity index (χ1v) is 8.58. The molecule has 0 bridgehead atoms. The van der Waals surface area contributed by atoms with Crippen molar-refractivity contribution in [3.05, 3.63) is 65.2 Å². The molecule has 3 atom stereocenters. The highest BCUT2D eigenvalue weighted by Crippen LogP contribution is 2.47. The lowest BCUT2D eigenvalue weighted by molar-refractivity contribution is 0.593. The first-order chi connectivity index (χ1) is 9.91. The fourth-order valence-electron chi connectivity index (χ4n) is 2.79. The van der Waals surface area contributed by atoms with E-state index in [9.17, 15) is 8.42 Å². The number of hydrogen-bond donors (Lipinski definition) is 1. The number of aryl methyl sites for hydroxylation is 2. The van der Waals surface area contributed by atoms with Gasteiger partial charge in [0.05, 0.1) is 10.1 Å². The average Bonchev–Trinajstić information content (AvgIpc) is 3.12. The van der Waals surface area contributed by atoms with Crippen LogP contribution in [0.25, 0.3) is 0 Å². The van der Waals surface area contributed by atoms with E-state index in [1.165, 1.54) is 0 Å². The molecule has 3 rings (SSSR count). The summed E-state index contributed by atoms with van der Waals surface area (Å²) in [4.78, 5) is 0.364. The SMILES string of the molecule is Cc1ccc([C@@H]2[C@@H](N)[C@@H]2S(=O)(=O)c2ccc(C)cc2)cc1. The van der Waals surface area contributed by atoms with Crippen LogP contribution in [0.2, 0.25) is 0 Å². The maximum absolute atomic E-state index is 12.7. The zero-order valence-corrected chi connectivity index (χ0v) is 13.0. The smallest absolute Gasteiger partial charge is 0.183 e. The van der Waals surface area contributed by atoms with E-state index in [2.05, 4.69) is 0 Å². The lowest BCUT2D eigenvalue weighted by atomic mass is 10.1. The Balaban J connectivity index is 1.91. The summed E-state index contributed by atoms with van der Waals surface area (Å²) in [5.74, 6) is -0.100. The Morgan fingerprint density at radius 3 is 1.86 bits per heavy atom. The van der Waals surface area contributed by atoms with Gasteiger partial charge in [-0.1, -0.05) is 47.5 Å². The quantitative estimate of drug-likeness (QED) is 0.948. The molecule has 0 saturated heterocycles. The molecule has 4 heteroatoms. The second kappa shape index (κ2) is 4.97. The fourth-order valence-corrected chi connectivity index (χ4v) is 4.84. The third-order valence-electron chi connectivity index (χ3n) is 4.18. The molecule has 3 nitrogen and oxygen atoms in total. The van der Waals surface area contributed by atoms with Gasteiger partial charge >= 0.3 is 0 Å². The second-order valence-electron chi connectivity index (χ2n) is 5.84. The van der Waals surface area contributed by atoms with Crippen molar-refractivity contribution in [1.82, 2.24) is 0 Å². The summed E-state index contributed by atoms with van der Waals surface area (Å²) in [6.07, 6.45) is 0. The van der Waals surface area contributed by atoms with Gasteiger partial charge in [-0.2, -0.15) is 0 Å². The average molecular weight is 301 g/mol. The zero-order chi connectivity index (χ0) is 15.2. The Bertz CT molecular complexity index is 748. The highest BCUT2D eigenvalue weighted by Gasteiger charge is 2.56. The normalized spacial score (nSPS) is 24.8. The van der Waals surface area contributed by atoms with Crippen LogP contribution in [-0.2, 0) is 9.84 Å². The number of rotatable bonds is 3. The van der Waals surface area contributed by atoms with E-state index < -0.39 is 15.1 Å². The third kappa shape index (κ3) is 2.49. The van der Waals surface area contributed by atoms with Crippen LogP contribution < -0.4 is 5.73 Å². The van der Waals surface area contributed by atoms with E-state index in [0.29, 0.717) is 4.90 Å². The van der Waals surface area contributed by atoms with Crippen molar-refractivity contribution in [3.8, 4) is 0 Å². The topological polar surface area (TPSA) is 60.2 Å².